The van der Waals surface area contributed by atoms with Gasteiger partial charge in [0.2, 0.25) is 5.91 Å². The number of carbonyl (C=O) groups is 2. The van der Waals surface area contributed by atoms with Crippen LogP contribution >= 0.6 is 0 Å². The maximum atomic E-state index is 12.6. The zero-order valence-electron chi connectivity index (χ0n) is 15.2. The largest absolute Gasteiger partial charge is 0.508 e. The molecule has 1 heterocycles. The molecule has 3 N–H and O–H groups in total. The molecule has 2 aromatic rings. The summed E-state index contributed by atoms with van der Waals surface area (Å²) in [5, 5.41) is 34.5. The summed E-state index contributed by atoms with van der Waals surface area (Å²) in [6, 6.07) is 10.8. The number of para-hydroxylation sites is 1. The number of carboxylic acids is 1. The van der Waals surface area contributed by atoms with E-state index in [0.717, 1.165) is 0 Å². The number of carboxylic acid groups (broad SMARTS) is 1. The number of aromatic hydroxyl groups is 2. The van der Waals surface area contributed by atoms with Gasteiger partial charge in [-0.15, -0.1) is 0 Å². The van der Waals surface area contributed by atoms with E-state index in [4.69, 9.17) is 9.84 Å². The summed E-state index contributed by atoms with van der Waals surface area (Å²) < 4.78 is 5.12. The van der Waals surface area contributed by atoms with Crippen LogP contribution in [0, 0.1) is 0 Å². The van der Waals surface area contributed by atoms with Gasteiger partial charge in [-0.2, -0.15) is 5.10 Å². The molecule has 1 amide bonds. The number of phenols is 2. The molecule has 0 bridgehead atoms. The number of amides is 1. The van der Waals surface area contributed by atoms with Crippen LogP contribution < -0.4 is 4.74 Å². The maximum absolute atomic E-state index is 12.6. The number of ether oxygens (including phenoxy) is 1. The van der Waals surface area contributed by atoms with Crippen LogP contribution in [0.25, 0.3) is 0 Å². The van der Waals surface area contributed by atoms with E-state index in [-0.39, 0.29) is 30.1 Å². The SMILES string of the molecule is COc1cc(C2=NN(C(=O)CCC(=O)O)[C@H](c3ccccc3O)C2)ccc1O. The molecule has 0 unspecified atom stereocenters. The lowest BCUT2D eigenvalue weighted by Gasteiger charge is -2.22. The second-order valence-corrected chi connectivity index (χ2v) is 6.34. The second-order valence-electron chi connectivity index (χ2n) is 6.34. The molecular weight excluding hydrogens is 364 g/mol. The first-order valence-corrected chi connectivity index (χ1v) is 8.67. The molecule has 0 saturated heterocycles. The second kappa shape index (κ2) is 7.99. The number of methoxy groups -OCH3 is 1. The molecule has 8 nitrogen and oxygen atoms in total. The molecule has 1 atom stereocenters. The van der Waals surface area contributed by atoms with Crippen molar-refractivity contribution in [3.8, 4) is 17.2 Å². The van der Waals surface area contributed by atoms with Crippen LogP contribution in [0.5, 0.6) is 17.2 Å². The molecular formula is C20H20N2O6. The molecule has 1 aliphatic rings. The fourth-order valence-electron chi connectivity index (χ4n) is 3.11. The van der Waals surface area contributed by atoms with Gasteiger partial charge in [0.15, 0.2) is 11.5 Å². The van der Waals surface area contributed by atoms with Gasteiger partial charge in [-0.1, -0.05) is 18.2 Å². The van der Waals surface area contributed by atoms with E-state index in [1.54, 1.807) is 30.3 Å². The minimum Gasteiger partial charge on any atom is -0.508 e. The van der Waals surface area contributed by atoms with Crippen molar-refractivity contribution < 1.29 is 29.6 Å². The lowest BCUT2D eigenvalue weighted by atomic mass is 9.97. The zero-order chi connectivity index (χ0) is 20.3. The Hall–Kier alpha value is -3.55. The molecule has 0 fully saturated rings. The van der Waals surface area contributed by atoms with Gasteiger partial charge in [0.05, 0.1) is 25.3 Å². The number of hydrogen-bond donors (Lipinski definition) is 3. The van der Waals surface area contributed by atoms with Crippen molar-refractivity contribution in [3.63, 3.8) is 0 Å². The summed E-state index contributed by atoms with van der Waals surface area (Å²) in [6.45, 7) is 0. The Kier molecular flexibility index (Phi) is 5.49. The average Bonchev–Trinajstić information content (AvgIpc) is 3.12. The Morgan fingerprint density at radius 2 is 1.89 bits per heavy atom. The highest BCUT2D eigenvalue weighted by molar-refractivity contribution is 6.03. The van der Waals surface area contributed by atoms with Gasteiger partial charge in [0, 0.05) is 24.0 Å². The van der Waals surface area contributed by atoms with E-state index in [0.29, 0.717) is 23.3 Å². The van der Waals surface area contributed by atoms with Crippen molar-refractivity contribution in [2.45, 2.75) is 25.3 Å². The molecule has 146 valence electrons. The number of benzene rings is 2. The monoisotopic (exact) mass is 384 g/mol. The number of nitrogens with zero attached hydrogens (tertiary/aromatic N) is 2. The molecule has 3 rings (SSSR count). The van der Waals surface area contributed by atoms with E-state index in [9.17, 15) is 19.8 Å². The zero-order valence-corrected chi connectivity index (χ0v) is 15.2. The molecule has 8 heteroatoms. The standard InChI is InChI=1S/C20H20N2O6/c1-28-18-10-12(6-7-17(18)24)14-11-15(13-4-2-3-5-16(13)23)22(21-14)19(25)8-9-20(26)27/h2-7,10,15,23-24H,8-9,11H2,1H3,(H,26,27)/t15-/m0/s1. The Balaban J connectivity index is 1.96. The fraction of sp³-hybridized carbons (Fsp3) is 0.250. The van der Waals surface area contributed by atoms with Crippen LogP contribution in [-0.2, 0) is 9.59 Å². The summed E-state index contributed by atoms with van der Waals surface area (Å²) in [7, 11) is 1.43. The summed E-state index contributed by atoms with van der Waals surface area (Å²) >= 11 is 0. The highest BCUT2D eigenvalue weighted by Crippen LogP contribution is 2.38. The molecule has 0 spiro atoms. The number of rotatable bonds is 6. The Labute approximate surface area is 161 Å². The van der Waals surface area contributed by atoms with Crippen LogP contribution in [0.2, 0.25) is 0 Å². The van der Waals surface area contributed by atoms with Crippen LogP contribution in [0.15, 0.2) is 47.6 Å². The third-order valence-corrected chi connectivity index (χ3v) is 4.53. The molecule has 2 aromatic carbocycles. The third kappa shape index (κ3) is 3.90. The first-order valence-electron chi connectivity index (χ1n) is 8.67. The van der Waals surface area contributed by atoms with E-state index < -0.39 is 17.9 Å². The highest BCUT2D eigenvalue weighted by atomic mass is 16.5. The van der Waals surface area contributed by atoms with Crippen molar-refractivity contribution in [3.05, 3.63) is 53.6 Å². The highest BCUT2D eigenvalue weighted by Gasteiger charge is 2.34. The van der Waals surface area contributed by atoms with E-state index in [1.165, 1.54) is 24.3 Å². The number of hydrogen-bond acceptors (Lipinski definition) is 6. The van der Waals surface area contributed by atoms with Crippen LogP contribution in [0.1, 0.15) is 36.4 Å². The Morgan fingerprint density at radius 1 is 1.14 bits per heavy atom. The lowest BCUT2D eigenvalue weighted by Crippen LogP contribution is -2.27. The molecule has 0 aromatic heterocycles. The van der Waals surface area contributed by atoms with Crippen LogP contribution in [0.3, 0.4) is 0 Å². The molecule has 0 saturated carbocycles. The van der Waals surface area contributed by atoms with Crippen molar-refractivity contribution in [2.75, 3.05) is 7.11 Å². The summed E-state index contributed by atoms with van der Waals surface area (Å²) in [6.07, 6.45) is -0.180. The van der Waals surface area contributed by atoms with Crippen molar-refractivity contribution in [1.29, 1.82) is 0 Å². The van der Waals surface area contributed by atoms with Crippen molar-refractivity contribution >= 4 is 17.6 Å². The smallest absolute Gasteiger partial charge is 0.303 e. The number of aliphatic carboxylic acids is 1. The van der Waals surface area contributed by atoms with Gasteiger partial charge < -0.3 is 20.1 Å². The normalized spacial score (nSPS) is 16.0. The van der Waals surface area contributed by atoms with Gasteiger partial charge in [-0.3, -0.25) is 9.59 Å². The maximum Gasteiger partial charge on any atom is 0.303 e. The van der Waals surface area contributed by atoms with Gasteiger partial charge in [0.25, 0.3) is 0 Å². The van der Waals surface area contributed by atoms with Crippen molar-refractivity contribution in [1.82, 2.24) is 5.01 Å². The Morgan fingerprint density at radius 3 is 2.57 bits per heavy atom. The molecule has 0 radical (unpaired) electrons. The average molecular weight is 384 g/mol. The topological polar surface area (TPSA) is 120 Å². The van der Waals surface area contributed by atoms with Crippen LogP contribution in [-0.4, -0.2) is 45.0 Å². The van der Waals surface area contributed by atoms with E-state index in [1.807, 2.05) is 0 Å². The third-order valence-electron chi connectivity index (χ3n) is 4.53. The predicted octanol–water partition coefficient (Wildman–Crippen LogP) is 2.65. The summed E-state index contributed by atoms with van der Waals surface area (Å²) in [4.78, 5) is 23.4. The lowest BCUT2D eigenvalue weighted by molar-refractivity contribution is -0.141. The van der Waals surface area contributed by atoms with E-state index in [2.05, 4.69) is 5.10 Å². The van der Waals surface area contributed by atoms with Crippen LogP contribution in [0.4, 0.5) is 0 Å². The summed E-state index contributed by atoms with van der Waals surface area (Å²) in [5.41, 5.74) is 1.74. The van der Waals surface area contributed by atoms with E-state index >= 15 is 0 Å². The molecule has 0 aliphatic carbocycles. The first-order chi connectivity index (χ1) is 13.4. The fourth-order valence-corrected chi connectivity index (χ4v) is 3.11. The minimum atomic E-state index is -1.07. The number of hydrazone groups is 1. The van der Waals surface area contributed by atoms with Crippen molar-refractivity contribution in [2.24, 2.45) is 5.10 Å². The minimum absolute atomic E-state index is 0.0171. The van der Waals surface area contributed by atoms with Gasteiger partial charge in [-0.05, 0) is 24.3 Å². The molecule has 28 heavy (non-hydrogen) atoms. The predicted molar refractivity (Wildman–Crippen MR) is 100 cm³/mol. The Bertz CT molecular complexity index is 940. The van der Waals surface area contributed by atoms with Gasteiger partial charge in [-0.25, -0.2) is 5.01 Å². The first kappa shape index (κ1) is 19.2. The quantitative estimate of drug-likeness (QED) is 0.704. The number of phenolic OH excluding ortho intramolecular Hbond substituents is 2. The summed E-state index contributed by atoms with van der Waals surface area (Å²) in [5.74, 6) is -1.23. The van der Waals surface area contributed by atoms with Gasteiger partial charge >= 0.3 is 5.97 Å². The molecule has 1 aliphatic heterocycles. The van der Waals surface area contributed by atoms with Gasteiger partial charge in [0.1, 0.15) is 5.75 Å². The number of carbonyl (C=O) groups excluding carboxylic acids is 1.